The number of ether oxygens (including phenoxy) is 1. The molecule has 1 atom stereocenters. The standard InChI is InChI=1S/C14H28O2/c1-4-6-7-8-9-13(3)10-11-14(15)16-12-5-2/h13H,4-12H2,1-3H3. The van der Waals surface area contributed by atoms with Gasteiger partial charge in [-0.15, -0.1) is 0 Å². The van der Waals surface area contributed by atoms with Gasteiger partial charge in [0, 0.05) is 6.42 Å². The molecule has 16 heavy (non-hydrogen) atoms. The summed E-state index contributed by atoms with van der Waals surface area (Å²) in [5, 5.41) is 0. The van der Waals surface area contributed by atoms with Crippen LogP contribution in [0.15, 0.2) is 0 Å². The van der Waals surface area contributed by atoms with E-state index in [1.54, 1.807) is 0 Å². The van der Waals surface area contributed by atoms with Crippen molar-refractivity contribution in [1.82, 2.24) is 0 Å². The first kappa shape index (κ1) is 15.5. The highest BCUT2D eigenvalue weighted by atomic mass is 16.5. The van der Waals surface area contributed by atoms with Crippen molar-refractivity contribution >= 4 is 5.97 Å². The third-order valence-electron chi connectivity index (χ3n) is 2.86. The van der Waals surface area contributed by atoms with Crippen LogP contribution in [0.3, 0.4) is 0 Å². The number of esters is 1. The average molecular weight is 228 g/mol. The molecule has 0 aliphatic heterocycles. The van der Waals surface area contributed by atoms with E-state index in [0.29, 0.717) is 18.9 Å². The highest BCUT2D eigenvalue weighted by Gasteiger charge is 2.07. The molecule has 2 nitrogen and oxygen atoms in total. The first-order valence-corrected chi connectivity index (χ1v) is 6.86. The van der Waals surface area contributed by atoms with Crippen molar-refractivity contribution in [1.29, 1.82) is 0 Å². The predicted octanol–water partition coefficient (Wildman–Crippen LogP) is 4.33. The zero-order chi connectivity index (χ0) is 12.2. The van der Waals surface area contributed by atoms with Crippen LogP contribution < -0.4 is 0 Å². The van der Waals surface area contributed by atoms with Crippen LogP contribution in [0.5, 0.6) is 0 Å². The SMILES string of the molecule is CCCCCCC(C)CCC(=O)OCCC. The number of carbonyl (C=O) groups is 1. The van der Waals surface area contributed by atoms with Gasteiger partial charge in [0.05, 0.1) is 6.61 Å². The van der Waals surface area contributed by atoms with Gasteiger partial charge in [0.25, 0.3) is 0 Å². The van der Waals surface area contributed by atoms with Crippen LogP contribution in [0.2, 0.25) is 0 Å². The molecule has 0 aromatic heterocycles. The van der Waals surface area contributed by atoms with Crippen LogP contribution in [0.4, 0.5) is 0 Å². The summed E-state index contributed by atoms with van der Waals surface area (Å²) >= 11 is 0. The number of hydrogen-bond donors (Lipinski definition) is 0. The normalized spacial score (nSPS) is 12.4. The van der Waals surface area contributed by atoms with Gasteiger partial charge in [-0.2, -0.15) is 0 Å². The van der Waals surface area contributed by atoms with E-state index in [9.17, 15) is 4.79 Å². The minimum absolute atomic E-state index is 0.0257. The van der Waals surface area contributed by atoms with Gasteiger partial charge in [0.2, 0.25) is 0 Å². The Bertz CT molecular complexity index is 166. The largest absolute Gasteiger partial charge is 0.466 e. The van der Waals surface area contributed by atoms with E-state index < -0.39 is 0 Å². The lowest BCUT2D eigenvalue weighted by molar-refractivity contribution is -0.144. The lowest BCUT2D eigenvalue weighted by Gasteiger charge is -2.10. The third kappa shape index (κ3) is 10.0. The number of hydrogen-bond acceptors (Lipinski definition) is 2. The van der Waals surface area contributed by atoms with Gasteiger partial charge in [-0.3, -0.25) is 4.79 Å². The molecule has 96 valence electrons. The van der Waals surface area contributed by atoms with Crippen molar-refractivity contribution in [3.05, 3.63) is 0 Å². The van der Waals surface area contributed by atoms with Crippen molar-refractivity contribution in [3.63, 3.8) is 0 Å². The average Bonchev–Trinajstić information content (AvgIpc) is 2.29. The lowest BCUT2D eigenvalue weighted by Crippen LogP contribution is -2.07. The second kappa shape index (κ2) is 11.0. The molecule has 0 aliphatic rings. The maximum atomic E-state index is 11.3. The topological polar surface area (TPSA) is 26.3 Å². The zero-order valence-electron chi connectivity index (χ0n) is 11.3. The molecule has 0 aliphatic carbocycles. The molecule has 0 saturated heterocycles. The lowest BCUT2D eigenvalue weighted by atomic mass is 9.98. The molecule has 1 unspecified atom stereocenters. The molecular weight excluding hydrogens is 200 g/mol. The zero-order valence-corrected chi connectivity index (χ0v) is 11.3. The van der Waals surface area contributed by atoms with E-state index in [1.165, 1.54) is 32.1 Å². The van der Waals surface area contributed by atoms with Gasteiger partial charge in [-0.1, -0.05) is 52.9 Å². The quantitative estimate of drug-likeness (QED) is 0.411. The number of carbonyl (C=O) groups excluding carboxylic acids is 1. The molecule has 0 aromatic rings. The maximum absolute atomic E-state index is 11.3. The van der Waals surface area contributed by atoms with E-state index in [4.69, 9.17) is 4.74 Å². The van der Waals surface area contributed by atoms with Gasteiger partial charge in [-0.25, -0.2) is 0 Å². The summed E-state index contributed by atoms with van der Waals surface area (Å²) < 4.78 is 5.05. The molecule has 0 heterocycles. The molecule has 0 bridgehead atoms. The highest BCUT2D eigenvalue weighted by molar-refractivity contribution is 5.69. The van der Waals surface area contributed by atoms with Crippen molar-refractivity contribution in [2.75, 3.05) is 6.61 Å². The van der Waals surface area contributed by atoms with Crippen molar-refractivity contribution in [2.24, 2.45) is 5.92 Å². The second-order valence-corrected chi connectivity index (χ2v) is 4.71. The van der Waals surface area contributed by atoms with Crippen LogP contribution >= 0.6 is 0 Å². The van der Waals surface area contributed by atoms with E-state index in [-0.39, 0.29) is 5.97 Å². The monoisotopic (exact) mass is 228 g/mol. The van der Waals surface area contributed by atoms with Gasteiger partial charge in [0.15, 0.2) is 0 Å². The van der Waals surface area contributed by atoms with E-state index in [0.717, 1.165) is 12.8 Å². The Kier molecular flexibility index (Phi) is 10.6. The highest BCUT2D eigenvalue weighted by Crippen LogP contribution is 2.15. The fourth-order valence-corrected chi connectivity index (χ4v) is 1.72. The van der Waals surface area contributed by atoms with Gasteiger partial charge < -0.3 is 4.74 Å². The summed E-state index contributed by atoms with van der Waals surface area (Å²) in [5.41, 5.74) is 0. The van der Waals surface area contributed by atoms with Crippen molar-refractivity contribution in [2.45, 2.75) is 72.1 Å². The van der Waals surface area contributed by atoms with Gasteiger partial charge in [-0.05, 0) is 18.8 Å². The molecule has 0 radical (unpaired) electrons. The molecule has 0 rings (SSSR count). The Morgan fingerprint density at radius 2 is 1.81 bits per heavy atom. The Hall–Kier alpha value is -0.530. The second-order valence-electron chi connectivity index (χ2n) is 4.71. The first-order valence-electron chi connectivity index (χ1n) is 6.86. The summed E-state index contributed by atoms with van der Waals surface area (Å²) in [6.07, 6.45) is 9.01. The molecular formula is C14H28O2. The number of rotatable bonds is 10. The summed E-state index contributed by atoms with van der Waals surface area (Å²) in [6.45, 7) is 7.06. The Labute approximate surface area is 101 Å². The van der Waals surface area contributed by atoms with E-state index >= 15 is 0 Å². The van der Waals surface area contributed by atoms with Gasteiger partial charge in [0.1, 0.15) is 0 Å². The van der Waals surface area contributed by atoms with Crippen LogP contribution in [-0.2, 0) is 9.53 Å². The van der Waals surface area contributed by atoms with Gasteiger partial charge >= 0.3 is 5.97 Å². The summed E-state index contributed by atoms with van der Waals surface area (Å²) in [4.78, 5) is 11.3. The maximum Gasteiger partial charge on any atom is 0.305 e. The molecule has 0 spiro atoms. The molecule has 2 heteroatoms. The molecule has 0 aromatic carbocycles. The first-order chi connectivity index (χ1) is 7.70. The van der Waals surface area contributed by atoms with Crippen LogP contribution in [0, 0.1) is 5.92 Å². The minimum atomic E-state index is -0.0257. The van der Waals surface area contributed by atoms with E-state index in [1.807, 2.05) is 6.92 Å². The van der Waals surface area contributed by atoms with Crippen LogP contribution in [-0.4, -0.2) is 12.6 Å². The fourth-order valence-electron chi connectivity index (χ4n) is 1.72. The van der Waals surface area contributed by atoms with Crippen LogP contribution in [0.25, 0.3) is 0 Å². The summed E-state index contributed by atoms with van der Waals surface area (Å²) in [6, 6.07) is 0. The fraction of sp³-hybridized carbons (Fsp3) is 0.929. The minimum Gasteiger partial charge on any atom is -0.466 e. The smallest absolute Gasteiger partial charge is 0.305 e. The Morgan fingerprint density at radius 1 is 1.06 bits per heavy atom. The Morgan fingerprint density at radius 3 is 2.44 bits per heavy atom. The van der Waals surface area contributed by atoms with Crippen LogP contribution in [0.1, 0.15) is 72.1 Å². The molecule has 0 saturated carbocycles. The van der Waals surface area contributed by atoms with E-state index in [2.05, 4.69) is 13.8 Å². The predicted molar refractivity (Wildman–Crippen MR) is 68.4 cm³/mol. The Balaban J connectivity index is 3.34. The molecule has 0 amide bonds. The van der Waals surface area contributed by atoms with Crippen molar-refractivity contribution < 1.29 is 9.53 Å². The third-order valence-corrected chi connectivity index (χ3v) is 2.86. The molecule has 0 N–H and O–H groups in total. The molecule has 0 fully saturated rings. The summed E-state index contributed by atoms with van der Waals surface area (Å²) in [5.74, 6) is 0.633. The summed E-state index contributed by atoms with van der Waals surface area (Å²) in [7, 11) is 0. The van der Waals surface area contributed by atoms with Crippen molar-refractivity contribution in [3.8, 4) is 0 Å². The number of unbranched alkanes of at least 4 members (excludes halogenated alkanes) is 3.